The monoisotopic (exact) mass is 428 g/mol. The fourth-order valence-corrected chi connectivity index (χ4v) is 3.99. The maximum atomic E-state index is 12.6. The molecule has 2 aromatic rings. The summed E-state index contributed by atoms with van der Waals surface area (Å²) in [5.41, 5.74) is 1.15. The number of ether oxygens (including phenoxy) is 1. The van der Waals surface area contributed by atoms with Gasteiger partial charge >= 0.3 is 12.1 Å². The molecule has 2 aromatic carbocycles. The number of benzene rings is 2. The van der Waals surface area contributed by atoms with Crippen LogP contribution in [0.15, 0.2) is 64.4 Å². The Labute approximate surface area is 170 Å². The highest BCUT2D eigenvalue weighted by molar-refractivity contribution is 8.00. The van der Waals surface area contributed by atoms with Crippen molar-refractivity contribution in [3.05, 3.63) is 65.7 Å². The molecule has 8 heteroatoms. The van der Waals surface area contributed by atoms with Gasteiger partial charge < -0.3 is 9.84 Å². The van der Waals surface area contributed by atoms with Crippen molar-refractivity contribution < 1.29 is 27.8 Å². The third-order valence-corrected chi connectivity index (χ3v) is 5.86. The largest absolute Gasteiger partial charge is 0.482 e. The summed E-state index contributed by atoms with van der Waals surface area (Å²) in [6.07, 6.45) is -4.32. The Kier molecular flexibility index (Phi) is 7.88. The summed E-state index contributed by atoms with van der Waals surface area (Å²) >= 11 is 3.03. The fourth-order valence-electron chi connectivity index (χ4n) is 2.17. The SMILES string of the molecule is C=C(CSc1ccc(C(F)(F)F)cc1)CSc1ccc(OCC(=O)O)c(C)c1. The van der Waals surface area contributed by atoms with E-state index in [0.717, 1.165) is 33.1 Å². The molecule has 0 aromatic heterocycles. The van der Waals surface area contributed by atoms with E-state index in [0.29, 0.717) is 17.3 Å². The van der Waals surface area contributed by atoms with Gasteiger partial charge in [-0.15, -0.1) is 23.5 Å². The third-order valence-electron chi connectivity index (χ3n) is 3.57. The predicted molar refractivity (Wildman–Crippen MR) is 106 cm³/mol. The lowest BCUT2D eigenvalue weighted by Gasteiger charge is -2.10. The molecule has 0 spiro atoms. The minimum atomic E-state index is -4.32. The second-order valence-corrected chi connectivity index (χ2v) is 8.06. The van der Waals surface area contributed by atoms with Gasteiger partial charge in [0.15, 0.2) is 6.61 Å². The normalized spacial score (nSPS) is 11.3. The number of hydrogen-bond acceptors (Lipinski definition) is 4. The van der Waals surface area contributed by atoms with Gasteiger partial charge in [-0.25, -0.2) is 4.79 Å². The number of hydrogen-bond donors (Lipinski definition) is 1. The molecule has 0 saturated heterocycles. The van der Waals surface area contributed by atoms with E-state index in [1.165, 1.54) is 23.9 Å². The van der Waals surface area contributed by atoms with Gasteiger partial charge in [-0.3, -0.25) is 0 Å². The number of halogens is 3. The smallest absolute Gasteiger partial charge is 0.416 e. The molecule has 2 rings (SSSR count). The maximum absolute atomic E-state index is 12.6. The summed E-state index contributed by atoms with van der Waals surface area (Å²) in [7, 11) is 0. The van der Waals surface area contributed by atoms with Crippen LogP contribution in [-0.2, 0) is 11.0 Å². The van der Waals surface area contributed by atoms with Gasteiger partial charge in [0.2, 0.25) is 0 Å². The lowest BCUT2D eigenvalue weighted by Crippen LogP contribution is -2.10. The number of aliphatic carboxylic acids is 1. The van der Waals surface area contributed by atoms with Crippen LogP contribution >= 0.6 is 23.5 Å². The molecular weight excluding hydrogens is 409 g/mol. The summed E-state index contributed by atoms with van der Waals surface area (Å²) in [4.78, 5) is 12.3. The Balaban J connectivity index is 1.80. The van der Waals surface area contributed by atoms with Crippen LogP contribution in [0.1, 0.15) is 11.1 Å². The van der Waals surface area contributed by atoms with Crippen molar-refractivity contribution in [3.63, 3.8) is 0 Å². The van der Waals surface area contributed by atoms with Crippen LogP contribution in [0, 0.1) is 6.92 Å². The first kappa shape index (κ1) is 22.2. The summed E-state index contributed by atoms with van der Waals surface area (Å²) in [5.74, 6) is 0.780. The number of carbonyl (C=O) groups is 1. The first-order chi connectivity index (χ1) is 13.1. The molecule has 0 atom stereocenters. The minimum Gasteiger partial charge on any atom is -0.482 e. The van der Waals surface area contributed by atoms with Gasteiger partial charge in [-0.2, -0.15) is 13.2 Å². The number of carboxylic acid groups (broad SMARTS) is 1. The zero-order valence-electron chi connectivity index (χ0n) is 15.1. The Morgan fingerprint density at radius 2 is 1.64 bits per heavy atom. The molecule has 0 aliphatic heterocycles. The number of thioether (sulfide) groups is 2. The molecule has 1 N–H and O–H groups in total. The van der Waals surface area contributed by atoms with Crippen LogP contribution in [0.2, 0.25) is 0 Å². The van der Waals surface area contributed by atoms with Gasteiger partial charge in [0.05, 0.1) is 5.56 Å². The van der Waals surface area contributed by atoms with E-state index in [2.05, 4.69) is 6.58 Å². The van der Waals surface area contributed by atoms with Gasteiger partial charge in [-0.1, -0.05) is 12.2 Å². The molecule has 0 aliphatic carbocycles. The first-order valence-corrected chi connectivity index (χ1v) is 10.2. The Hall–Kier alpha value is -2.06. The molecule has 0 aliphatic rings. The molecule has 0 amide bonds. The maximum Gasteiger partial charge on any atom is 0.416 e. The highest BCUT2D eigenvalue weighted by Gasteiger charge is 2.29. The van der Waals surface area contributed by atoms with Crippen LogP contribution in [0.4, 0.5) is 13.2 Å². The average Bonchev–Trinajstić information content (AvgIpc) is 2.63. The quantitative estimate of drug-likeness (QED) is 0.397. The summed E-state index contributed by atoms with van der Waals surface area (Å²) in [5, 5.41) is 8.66. The first-order valence-electron chi connectivity index (χ1n) is 8.20. The lowest BCUT2D eigenvalue weighted by atomic mass is 10.2. The molecule has 0 saturated carbocycles. The van der Waals surface area contributed by atoms with Crippen molar-refractivity contribution in [1.82, 2.24) is 0 Å². The molecule has 28 heavy (non-hydrogen) atoms. The van der Waals surface area contributed by atoms with Crippen LogP contribution in [0.3, 0.4) is 0 Å². The van der Waals surface area contributed by atoms with E-state index in [9.17, 15) is 18.0 Å². The highest BCUT2D eigenvalue weighted by Crippen LogP contribution is 2.32. The third kappa shape index (κ3) is 7.16. The van der Waals surface area contributed by atoms with Crippen molar-refractivity contribution >= 4 is 29.5 Å². The average molecular weight is 428 g/mol. The zero-order chi connectivity index (χ0) is 20.7. The van der Waals surface area contributed by atoms with Gasteiger partial charge in [0.1, 0.15) is 5.75 Å². The number of aryl methyl sites for hydroxylation is 1. The van der Waals surface area contributed by atoms with Gasteiger partial charge in [0.25, 0.3) is 0 Å². The molecule has 0 unspecified atom stereocenters. The number of rotatable bonds is 9. The van der Waals surface area contributed by atoms with Gasteiger partial charge in [0, 0.05) is 21.3 Å². The van der Waals surface area contributed by atoms with E-state index in [4.69, 9.17) is 9.84 Å². The zero-order valence-corrected chi connectivity index (χ0v) is 16.7. The molecule has 0 bridgehead atoms. The Morgan fingerprint density at radius 3 is 2.18 bits per heavy atom. The second kappa shape index (κ2) is 9.93. The van der Waals surface area contributed by atoms with Gasteiger partial charge in [-0.05, 0) is 55.0 Å². The van der Waals surface area contributed by atoms with E-state index in [1.807, 2.05) is 19.1 Å². The summed E-state index contributed by atoms with van der Waals surface area (Å²) in [6, 6.07) is 10.6. The topological polar surface area (TPSA) is 46.5 Å². The predicted octanol–water partition coefficient (Wildman–Crippen LogP) is 5.92. The minimum absolute atomic E-state index is 0.384. The number of carboxylic acids is 1. The van der Waals surface area contributed by atoms with Crippen LogP contribution in [0.5, 0.6) is 5.75 Å². The molecule has 150 valence electrons. The van der Waals surface area contributed by atoms with Crippen molar-refractivity contribution in [1.29, 1.82) is 0 Å². The number of alkyl halides is 3. The van der Waals surface area contributed by atoms with E-state index >= 15 is 0 Å². The van der Waals surface area contributed by atoms with Crippen LogP contribution in [-0.4, -0.2) is 29.2 Å². The van der Waals surface area contributed by atoms with E-state index in [1.54, 1.807) is 17.8 Å². The molecule has 3 nitrogen and oxygen atoms in total. The second-order valence-electron chi connectivity index (χ2n) is 5.96. The molecule has 0 fully saturated rings. The molecule has 0 radical (unpaired) electrons. The van der Waals surface area contributed by atoms with Crippen molar-refractivity contribution in [2.75, 3.05) is 18.1 Å². The van der Waals surface area contributed by atoms with Crippen molar-refractivity contribution in [2.45, 2.75) is 22.9 Å². The fraction of sp³-hybridized carbons (Fsp3) is 0.250. The van der Waals surface area contributed by atoms with Crippen LogP contribution < -0.4 is 4.74 Å². The Bertz CT molecular complexity index is 834. The standard InChI is InChI=1S/C20H19F3O3S2/c1-13(11-27-16-5-3-15(4-6-16)20(21,22)23)12-28-17-7-8-18(14(2)9-17)26-10-19(24)25/h3-9H,1,10-12H2,2H3,(H,24,25). The van der Waals surface area contributed by atoms with Crippen molar-refractivity contribution in [3.8, 4) is 5.75 Å². The molecule has 0 heterocycles. The van der Waals surface area contributed by atoms with Crippen LogP contribution in [0.25, 0.3) is 0 Å². The highest BCUT2D eigenvalue weighted by atomic mass is 32.2. The lowest BCUT2D eigenvalue weighted by molar-refractivity contribution is -0.139. The Morgan fingerprint density at radius 1 is 1.07 bits per heavy atom. The van der Waals surface area contributed by atoms with E-state index < -0.39 is 17.7 Å². The summed E-state index contributed by atoms with van der Waals surface area (Å²) < 4.78 is 42.9. The molecular formula is C20H19F3O3S2. The summed E-state index contributed by atoms with van der Waals surface area (Å²) in [6.45, 7) is 5.48. The van der Waals surface area contributed by atoms with E-state index in [-0.39, 0.29) is 6.61 Å². The van der Waals surface area contributed by atoms with Crippen molar-refractivity contribution in [2.24, 2.45) is 0 Å².